The summed E-state index contributed by atoms with van der Waals surface area (Å²) in [6.07, 6.45) is 9.49. The highest BCUT2D eigenvalue weighted by molar-refractivity contribution is 8.33. The average Bonchev–Trinajstić information content (AvgIpc) is 3.25. The van der Waals surface area contributed by atoms with E-state index in [4.69, 9.17) is 0 Å². The van der Waals surface area contributed by atoms with Gasteiger partial charge in [-0.25, -0.2) is 14.8 Å². The number of hydrogen-bond donors (Lipinski definition) is 3. The zero-order valence-electron chi connectivity index (χ0n) is 21.0. The minimum absolute atomic E-state index is 0.0414. The SMILES string of the molecule is CN(C(=O)N1Cc2c(NC(=O)C3(S(C)(C)C)CCC3)n[nH]c2C1(C)C)[C@H](CO)c1ccccc1. The topological polar surface area (TPSA) is 102 Å². The fraction of sp³-hybridized carbons (Fsp3) is 0.560. The molecule has 3 amide bonds. The van der Waals surface area contributed by atoms with Gasteiger partial charge in [-0.3, -0.25) is 9.89 Å². The number of fused-ring (bicyclic) bond motifs is 1. The van der Waals surface area contributed by atoms with Crippen molar-refractivity contribution in [3.8, 4) is 0 Å². The number of carbonyl (C=O) groups excluding carboxylic acids is 2. The molecule has 1 aromatic carbocycles. The van der Waals surface area contributed by atoms with Crippen molar-refractivity contribution in [2.75, 3.05) is 37.7 Å². The summed E-state index contributed by atoms with van der Waals surface area (Å²) in [7, 11) is 0.628. The average molecular weight is 488 g/mol. The monoisotopic (exact) mass is 487 g/mol. The van der Waals surface area contributed by atoms with E-state index in [-0.39, 0.29) is 23.3 Å². The number of aromatic amines is 1. The van der Waals surface area contributed by atoms with Gasteiger partial charge in [-0.15, -0.1) is 0 Å². The van der Waals surface area contributed by atoms with Gasteiger partial charge in [0.1, 0.15) is 0 Å². The molecule has 0 saturated heterocycles. The van der Waals surface area contributed by atoms with Crippen LogP contribution in [0.5, 0.6) is 0 Å². The molecule has 1 atom stereocenters. The van der Waals surface area contributed by atoms with Crippen molar-refractivity contribution in [3.05, 3.63) is 47.2 Å². The summed E-state index contributed by atoms with van der Waals surface area (Å²) in [4.78, 5) is 30.3. The van der Waals surface area contributed by atoms with Gasteiger partial charge in [-0.1, -0.05) is 30.3 Å². The van der Waals surface area contributed by atoms with E-state index in [1.165, 1.54) is 0 Å². The first kappa shape index (κ1) is 24.6. The Hall–Kier alpha value is -2.52. The highest BCUT2D eigenvalue weighted by Gasteiger charge is 2.51. The van der Waals surface area contributed by atoms with Crippen LogP contribution in [0, 0.1) is 0 Å². The molecule has 1 aliphatic carbocycles. The second-order valence-electron chi connectivity index (χ2n) is 10.7. The van der Waals surface area contributed by atoms with Gasteiger partial charge >= 0.3 is 6.03 Å². The predicted molar refractivity (Wildman–Crippen MR) is 137 cm³/mol. The van der Waals surface area contributed by atoms with Gasteiger partial charge in [0, 0.05) is 12.6 Å². The molecule has 1 aliphatic heterocycles. The Balaban J connectivity index is 1.56. The maximum absolute atomic E-state index is 13.6. The summed E-state index contributed by atoms with van der Waals surface area (Å²) >= 11 is 0. The Morgan fingerprint density at radius 3 is 2.41 bits per heavy atom. The highest BCUT2D eigenvalue weighted by atomic mass is 32.3. The van der Waals surface area contributed by atoms with Crippen LogP contribution in [0.3, 0.4) is 0 Å². The van der Waals surface area contributed by atoms with Crippen LogP contribution in [-0.4, -0.2) is 74.2 Å². The Morgan fingerprint density at radius 1 is 1.24 bits per heavy atom. The first-order valence-electron chi connectivity index (χ1n) is 11.7. The third kappa shape index (κ3) is 3.79. The smallest absolute Gasteiger partial charge is 0.321 e. The molecule has 1 saturated carbocycles. The third-order valence-electron chi connectivity index (χ3n) is 7.81. The molecule has 2 aliphatic rings. The molecule has 2 heterocycles. The number of likely N-dealkylation sites (N-methyl/N-ethyl adjacent to an activating group) is 1. The predicted octanol–water partition coefficient (Wildman–Crippen LogP) is 3.80. The largest absolute Gasteiger partial charge is 0.394 e. The second kappa shape index (κ2) is 8.61. The number of carbonyl (C=O) groups is 2. The molecule has 1 aromatic heterocycles. The lowest BCUT2D eigenvalue weighted by molar-refractivity contribution is -0.120. The summed E-state index contributed by atoms with van der Waals surface area (Å²) < 4.78 is -0.313. The van der Waals surface area contributed by atoms with E-state index in [0.29, 0.717) is 12.4 Å². The van der Waals surface area contributed by atoms with Crippen molar-refractivity contribution in [3.63, 3.8) is 0 Å². The second-order valence-corrected chi connectivity index (χ2v) is 15.2. The standard InChI is InChI=1S/C25H37N5O3S/c1-24(2)20-18(21(28-27-20)26-22(32)25(13-10-14-25)34(4,5)6)15-30(24)23(33)29(3)19(16-31)17-11-8-7-9-12-17/h7-9,11-12,19,31H,10,13-16H2,1-6H3,(H2,26,27,28,32)/t19-/m1/s1. The molecule has 4 rings (SSSR count). The van der Waals surface area contributed by atoms with Crippen molar-refractivity contribution in [1.82, 2.24) is 20.0 Å². The molecule has 9 heteroatoms. The maximum Gasteiger partial charge on any atom is 0.321 e. The number of nitrogens with one attached hydrogen (secondary N) is 2. The van der Waals surface area contributed by atoms with Crippen LogP contribution in [0.2, 0.25) is 0 Å². The van der Waals surface area contributed by atoms with E-state index in [9.17, 15) is 14.7 Å². The van der Waals surface area contributed by atoms with Gasteiger partial charge in [-0.05, 0) is 57.4 Å². The van der Waals surface area contributed by atoms with Crippen molar-refractivity contribution in [2.45, 2.75) is 56.0 Å². The molecule has 34 heavy (non-hydrogen) atoms. The molecule has 0 spiro atoms. The number of benzene rings is 1. The Labute approximate surface area is 203 Å². The van der Waals surface area contributed by atoms with Crippen LogP contribution in [-0.2, 0) is 16.9 Å². The number of H-pyrrole nitrogens is 1. The lowest BCUT2D eigenvalue weighted by Gasteiger charge is -2.53. The van der Waals surface area contributed by atoms with Crippen LogP contribution >= 0.6 is 10.0 Å². The minimum Gasteiger partial charge on any atom is -0.394 e. The Morgan fingerprint density at radius 2 is 1.88 bits per heavy atom. The zero-order valence-corrected chi connectivity index (χ0v) is 21.8. The number of aliphatic hydroxyl groups excluding tert-OH is 1. The Kier molecular flexibility index (Phi) is 6.23. The number of amides is 3. The maximum atomic E-state index is 13.6. The van der Waals surface area contributed by atoms with Gasteiger partial charge < -0.3 is 20.2 Å². The van der Waals surface area contributed by atoms with Crippen LogP contribution < -0.4 is 5.32 Å². The summed E-state index contributed by atoms with van der Waals surface area (Å²) in [5, 5.41) is 20.7. The summed E-state index contributed by atoms with van der Waals surface area (Å²) in [6.45, 7) is 4.10. The van der Waals surface area contributed by atoms with Crippen LogP contribution in [0.4, 0.5) is 10.6 Å². The summed E-state index contributed by atoms with van der Waals surface area (Å²) in [5.41, 5.74) is 1.91. The van der Waals surface area contributed by atoms with Crippen LogP contribution in [0.25, 0.3) is 0 Å². The van der Waals surface area contributed by atoms with Crippen molar-refractivity contribution >= 4 is 27.8 Å². The molecule has 0 unspecified atom stereocenters. The highest BCUT2D eigenvalue weighted by Crippen LogP contribution is 2.60. The van der Waals surface area contributed by atoms with E-state index in [2.05, 4.69) is 34.3 Å². The molecule has 1 fully saturated rings. The molecule has 0 radical (unpaired) electrons. The van der Waals surface area contributed by atoms with Gasteiger partial charge in [0.15, 0.2) is 5.82 Å². The molecular weight excluding hydrogens is 450 g/mol. The van der Waals surface area contributed by atoms with Crippen molar-refractivity contribution in [1.29, 1.82) is 0 Å². The summed E-state index contributed by atoms with van der Waals surface area (Å²) in [5.74, 6) is 0.558. The van der Waals surface area contributed by atoms with Crippen molar-refractivity contribution < 1.29 is 14.7 Å². The van der Waals surface area contributed by atoms with Gasteiger partial charge in [-0.2, -0.15) is 5.10 Å². The quantitative estimate of drug-likeness (QED) is 0.577. The fourth-order valence-electron chi connectivity index (χ4n) is 5.21. The van der Waals surface area contributed by atoms with E-state index in [0.717, 1.165) is 36.1 Å². The number of aliphatic hydroxyl groups is 1. The molecule has 186 valence electrons. The lowest BCUT2D eigenvalue weighted by atomic mass is 9.83. The van der Waals surface area contributed by atoms with Crippen LogP contribution in [0.1, 0.15) is 56.0 Å². The number of rotatable bonds is 6. The Bertz CT molecular complexity index is 1070. The number of aromatic nitrogens is 2. The van der Waals surface area contributed by atoms with E-state index >= 15 is 0 Å². The number of anilines is 1. The number of nitrogens with zero attached hydrogens (tertiary/aromatic N) is 3. The van der Waals surface area contributed by atoms with Gasteiger partial charge in [0.2, 0.25) is 5.91 Å². The van der Waals surface area contributed by atoms with Gasteiger partial charge in [0.25, 0.3) is 0 Å². The molecular formula is C25H37N5O3S. The molecule has 3 N–H and O–H groups in total. The van der Waals surface area contributed by atoms with Crippen LogP contribution in [0.15, 0.2) is 30.3 Å². The first-order chi connectivity index (χ1) is 15.9. The lowest BCUT2D eigenvalue weighted by Crippen LogP contribution is -2.51. The third-order valence-corrected chi connectivity index (χ3v) is 10.7. The summed E-state index contributed by atoms with van der Waals surface area (Å²) in [6, 6.07) is 8.89. The molecule has 2 aromatic rings. The minimum atomic E-state index is -1.09. The van der Waals surface area contributed by atoms with Gasteiger partial charge in [0.05, 0.1) is 35.2 Å². The number of hydrogen-bond acceptors (Lipinski definition) is 4. The van der Waals surface area contributed by atoms with E-state index < -0.39 is 21.6 Å². The van der Waals surface area contributed by atoms with Crippen molar-refractivity contribution in [2.24, 2.45) is 0 Å². The van der Waals surface area contributed by atoms with E-state index in [1.54, 1.807) is 16.8 Å². The fourth-order valence-corrected chi connectivity index (χ4v) is 7.33. The normalized spacial score (nSPS) is 19.7. The first-order valence-corrected chi connectivity index (χ1v) is 14.6. The zero-order chi connectivity index (χ0) is 24.9. The molecule has 8 nitrogen and oxygen atoms in total. The molecule has 0 bridgehead atoms. The number of urea groups is 1. The van der Waals surface area contributed by atoms with E-state index in [1.807, 2.05) is 44.2 Å².